The SMILES string of the molecule is CCN(CC)CCOc1ccc(C(=O)C(C)C(c2ccccc2)c2ccccc2)c(C)c1.Cl. The normalized spacial score (nSPS) is 11.8. The molecule has 33 heavy (non-hydrogen) atoms. The summed E-state index contributed by atoms with van der Waals surface area (Å²) in [6, 6.07) is 26.5. The Labute approximate surface area is 205 Å². The minimum Gasteiger partial charge on any atom is -0.492 e. The van der Waals surface area contributed by atoms with Crippen LogP contribution in [0.2, 0.25) is 0 Å². The van der Waals surface area contributed by atoms with Crippen LogP contribution in [-0.4, -0.2) is 36.9 Å². The van der Waals surface area contributed by atoms with Gasteiger partial charge in [-0.25, -0.2) is 0 Å². The second-order valence-corrected chi connectivity index (χ2v) is 8.30. The number of halogens is 1. The van der Waals surface area contributed by atoms with Gasteiger partial charge in [0.25, 0.3) is 0 Å². The molecule has 176 valence electrons. The van der Waals surface area contributed by atoms with Crippen molar-refractivity contribution in [2.45, 2.75) is 33.6 Å². The standard InChI is InChI=1S/C29H35NO2.ClH/c1-5-30(6-2)19-20-32-26-17-18-27(22(3)21-26)29(31)23(4)28(24-13-9-7-10-14-24)25-15-11-8-12-16-25;/h7-18,21,23,28H,5-6,19-20H2,1-4H3;1H. The van der Waals surface area contributed by atoms with Crippen LogP contribution in [0.15, 0.2) is 78.9 Å². The Morgan fingerprint density at radius 3 is 1.91 bits per heavy atom. The van der Waals surface area contributed by atoms with Gasteiger partial charge in [-0.3, -0.25) is 4.79 Å². The summed E-state index contributed by atoms with van der Waals surface area (Å²) in [4.78, 5) is 15.9. The Morgan fingerprint density at radius 1 is 0.879 bits per heavy atom. The van der Waals surface area contributed by atoms with Gasteiger partial charge in [0.05, 0.1) is 0 Å². The average Bonchev–Trinajstić information content (AvgIpc) is 2.83. The van der Waals surface area contributed by atoms with Crippen molar-refractivity contribution < 1.29 is 9.53 Å². The van der Waals surface area contributed by atoms with E-state index in [1.54, 1.807) is 0 Å². The zero-order chi connectivity index (χ0) is 22.9. The maximum absolute atomic E-state index is 13.6. The van der Waals surface area contributed by atoms with E-state index in [1.807, 2.05) is 68.4 Å². The molecule has 0 saturated heterocycles. The third kappa shape index (κ3) is 6.93. The van der Waals surface area contributed by atoms with E-state index in [2.05, 4.69) is 43.0 Å². The number of benzene rings is 3. The van der Waals surface area contributed by atoms with Crippen LogP contribution in [0.5, 0.6) is 5.75 Å². The van der Waals surface area contributed by atoms with E-state index in [0.717, 1.165) is 47.6 Å². The van der Waals surface area contributed by atoms with Gasteiger partial charge in [0, 0.05) is 23.9 Å². The van der Waals surface area contributed by atoms with Gasteiger partial charge in [0.2, 0.25) is 0 Å². The first-order chi connectivity index (χ1) is 15.5. The van der Waals surface area contributed by atoms with Gasteiger partial charge in [-0.2, -0.15) is 0 Å². The smallest absolute Gasteiger partial charge is 0.166 e. The largest absolute Gasteiger partial charge is 0.492 e. The van der Waals surface area contributed by atoms with Crippen molar-refractivity contribution >= 4 is 18.2 Å². The molecule has 0 heterocycles. The number of rotatable bonds is 11. The highest BCUT2D eigenvalue weighted by molar-refractivity contribution is 6.00. The summed E-state index contributed by atoms with van der Waals surface area (Å²) in [6.07, 6.45) is 0. The van der Waals surface area contributed by atoms with Gasteiger partial charge in [-0.15, -0.1) is 12.4 Å². The molecule has 0 saturated carbocycles. The summed E-state index contributed by atoms with van der Waals surface area (Å²) in [5, 5.41) is 0. The van der Waals surface area contributed by atoms with Crippen molar-refractivity contribution in [1.29, 1.82) is 0 Å². The fourth-order valence-electron chi connectivity index (χ4n) is 4.32. The number of carbonyl (C=O) groups is 1. The number of carbonyl (C=O) groups excluding carboxylic acids is 1. The fraction of sp³-hybridized carbons (Fsp3) is 0.345. The van der Waals surface area contributed by atoms with Crippen LogP contribution in [0.3, 0.4) is 0 Å². The Bertz CT molecular complexity index is 948. The lowest BCUT2D eigenvalue weighted by molar-refractivity contribution is 0.0918. The van der Waals surface area contributed by atoms with E-state index in [1.165, 1.54) is 0 Å². The van der Waals surface area contributed by atoms with E-state index < -0.39 is 0 Å². The molecular formula is C29H36ClNO2. The van der Waals surface area contributed by atoms with E-state index in [-0.39, 0.29) is 30.0 Å². The van der Waals surface area contributed by atoms with Crippen molar-refractivity contribution in [2.24, 2.45) is 5.92 Å². The third-order valence-electron chi connectivity index (χ3n) is 6.26. The predicted octanol–water partition coefficient (Wildman–Crippen LogP) is 6.79. The molecule has 1 atom stereocenters. The molecule has 0 spiro atoms. The molecule has 0 radical (unpaired) electrons. The Balaban J connectivity index is 0.00000385. The predicted molar refractivity (Wildman–Crippen MR) is 140 cm³/mol. The summed E-state index contributed by atoms with van der Waals surface area (Å²) in [6.45, 7) is 12.0. The maximum atomic E-state index is 13.6. The summed E-state index contributed by atoms with van der Waals surface area (Å²) < 4.78 is 5.95. The van der Waals surface area contributed by atoms with Crippen LogP contribution >= 0.6 is 12.4 Å². The molecule has 0 bridgehead atoms. The number of hydrogen-bond donors (Lipinski definition) is 0. The highest BCUT2D eigenvalue weighted by Gasteiger charge is 2.28. The summed E-state index contributed by atoms with van der Waals surface area (Å²) in [7, 11) is 0. The highest BCUT2D eigenvalue weighted by Crippen LogP contribution is 2.34. The molecule has 0 aromatic heterocycles. The Morgan fingerprint density at radius 2 is 1.42 bits per heavy atom. The van der Waals surface area contributed by atoms with Gasteiger partial charge >= 0.3 is 0 Å². The third-order valence-corrected chi connectivity index (χ3v) is 6.26. The van der Waals surface area contributed by atoms with Crippen molar-refractivity contribution in [2.75, 3.05) is 26.2 Å². The number of Topliss-reactive ketones (excluding diaryl/α,β-unsaturated/α-hetero) is 1. The van der Waals surface area contributed by atoms with Gasteiger partial charge < -0.3 is 9.64 Å². The molecule has 3 nitrogen and oxygen atoms in total. The molecule has 0 amide bonds. The van der Waals surface area contributed by atoms with Crippen molar-refractivity contribution in [3.05, 3.63) is 101 Å². The molecule has 3 aromatic carbocycles. The molecule has 0 aliphatic carbocycles. The maximum Gasteiger partial charge on any atom is 0.166 e. The van der Waals surface area contributed by atoms with Gasteiger partial charge in [-0.1, -0.05) is 81.4 Å². The zero-order valence-electron chi connectivity index (χ0n) is 20.2. The van der Waals surface area contributed by atoms with Gasteiger partial charge in [-0.05, 0) is 54.9 Å². The van der Waals surface area contributed by atoms with Crippen LogP contribution in [0.1, 0.15) is 53.7 Å². The molecule has 3 rings (SSSR count). The lowest BCUT2D eigenvalue weighted by Crippen LogP contribution is -2.27. The zero-order valence-corrected chi connectivity index (χ0v) is 21.0. The number of ketones is 1. The summed E-state index contributed by atoms with van der Waals surface area (Å²) in [5.74, 6) is 0.804. The Hall–Kier alpha value is -2.62. The molecule has 0 aliphatic rings. The molecule has 0 N–H and O–H groups in total. The molecule has 4 heteroatoms. The first kappa shape index (κ1) is 26.6. The topological polar surface area (TPSA) is 29.5 Å². The number of ether oxygens (including phenoxy) is 1. The molecule has 1 unspecified atom stereocenters. The highest BCUT2D eigenvalue weighted by atomic mass is 35.5. The number of likely N-dealkylation sites (N-methyl/N-ethyl adjacent to an activating group) is 1. The quantitative estimate of drug-likeness (QED) is 0.292. The van der Waals surface area contributed by atoms with Crippen LogP contribution < -0.4 is 4.74 Å². The van der Waals surface area contributed by atoms with E-state index in [4.69, 9.17) is 4.74 Å². The first-order valence-electron chi connectivity index (χ1n) is 11.6. The van der Waals surface area contributed by atoms with Crippen LogP contribution in [0.25, 0.3) is 0 Å². The minimum absolute atomic E-state index is 0. The van der Waals surface area contributed by atoms with Crippen molar-refractivity contribution in [3.8, 4) is 5.75 Å². The van der Waals surface area contributed by atoms with Gasteiger partial charge in [0.1, 0.15) is 12.4 Å². The first-order valence-corrected chi connectivity index (χ1v) is 11.6. The minimum atomic E-state index is -0.187. The lowest BCUT2D eigenvalue weighted by Gasteiger charge is -2.25. The fourth-order valence-corrected chi connectivity index (χ4v) is 4.32. The van der Waals surface area contributed by atoms with E-state index in [0.29, 0.717) is 6.61 Å². The van der Waals surface area contributed by atoms with Crippen LogP contribution in [-0.2, 0) is 0 Å². The van der Waals surface area contributed by atoms with Crippen molar-refractivity contribution in [1.82, 2.24) is 4.90 Å². The number of nitrogens with zero attached hydrogens (tertiary/aromatic N) is 1. The van der Waals surface area contributed by atoms with Crippen LogP contribution in [0, 0.1) is 12.8 Å². The monoisotopic (exact) mass is 465 g/mol. The second kappa shape index (κ2) is 13.2. The number of aryl methyl sites for hydroxylation is 1. The van der Waals surface area contributed by atoms with Crippen LogP contribution in [0.4, 0.5) is 0 Å². The molecule has 0 aliphatic heterocycles. The molecule has 0 fully saturated rings. The molecular weight excluding hydrogens is 430 g/mol. The second-order valence-electron chi connectivity index (χ2n) is 8.30. The molecule has 3 aromatic rings. The van der Waals surface area contributed by atoms with Crippen molar-refractivity contribution in [3.63, 3.8) is 0 Å². The lowest BCUT2D eigenvalue weighted by atomic mass is 9.77. The Kier molecular flexibility index (Phi) is 10.6. The average molecular weight is 466 g/mol. The number of hydrogen-bond acceptors (Lipinski definition) is 3. The van der Waals surface area contributed by atoms with E-state index >= 15 is 0 Å². The van der Waals surface area contributed by atoms with E-state index in [9.17, 15) is 4.79 Å². The van der Waals surface area contributed by atoms with Gasteiger partial charge in [0.15, 0.2) is 5.78 Å². The summed E-state index contributed by atoms with van der Waals surface area (Å²) in [5.41, 5.74) is 4.05. The summed E-state index contributed by atoms with van der Waals surface area (Å²) >= 11 is 0.